The molecular formula is C15H24N2O2. The van der Waals surface area contributed by atoms with E-state index in [0.717, 1.165) is 25.8 Å². The van der Waals surface area contributed by atoms with E-state index in [1.165, 1.54) is 5.56 Å². The van der Waals surface area contributed by atoms with Crippen LogP contribution in [0, 0.1) is 5.92 Å². The van der Waals surface area contributed by atoms with Gasteiger partial charge in [0, 0.05) is 13.1 Å². The van der Waals surface area contributed by atoms with Crippen LogP contribution in [0.15, 0.2) is 24.3 Å². The number of nitrogens with one attached hydrogen (secondary N) is 2. The first kappa shape index (κ1) is 15.3. The van der Waals surface area contributed by atoms with Crippen LogP contribution >= 0.6 is 0 Å². The zero-order valence-electron chi connectivity index (χ0n) is 11.8. The first-order chi connectivity index (χ1) is 9.08. The Morgan fingerprint density at radius 3 is 2.42 bits per heavy atom. The van der Waals surface area contributed by atoms with Crippen molar-refractivity contribution in [1.29, 1.82) is 0 Å². The Morgan fingerprint density at radius 1 is 1.16 bits per heavy atom. The summed E-state index contributed by atoms with van der Waals surface area (Å²) in [4.78, 5) is 11.4. The topological polar surface area (TPSA) is 61.4 Å². The van der Waals surface area contributed by atoms with Crippen molar-refractivity contribution in [2.24, 2.45) is 5.92 Å². The minimum atomic E-state index is -0.0913. The lowest BCUT2D eigenvalue weighted by Gasteiger charge is -2.09. The number of aryl methyl sites for hydroxylation is 1. The molecule has 0 aliphatic heterocycles. The lowest BCUT2D eigenvalue weighted by atomic mass is 10.1. The molecule has 4 heteroatoms. The normalized spacial score (nSPS) is 10.5. The molecule has 2 amide bonds. The van der Waals surface area contributed by atoms with Crippen molar-refractivity contribution < 1.29 is 9.90 Å². The van der Waals surface area contributed by atoms with Crippen LogP contribution in [-0.4, -0.2) is 24.2 Å². The molecule has 0 atom stereocenters. The third-order valence-corrected chi connectivity index (χ3v) is 2.87. The zero-order chi connectivity index (χ0) is 14.1. The summed E-state index contributed by atoms with van der Waals surface area (Å²) in [7, 11) is 0. The minimum absolute atomic E-state index is 0.0913. The smallest absolute Gasteiger partial charge is 0.314 e. The van der Waals surface area contributed by atoms with Gasteiger partial charge in [0.2, 0.25) is 0 Å². The van der Waals surface area contributed by atoms with E-state index >= 15 is 0 Å². The van der Waals surface area contributed by atoms with E-state index in [0.29, 0.717) is 12.5 Å². The number of aromatic hydroxyl groups is 1. The highest BCUT2D eigenvalue weighted by molar-refractivity contribution is 5.73. The molecule has 1 aromatic rings. The summed E-state index contributed by atoms with van der Waals surface area (Å²) in [6, 6.07) is 7.07. The van der Waals surface area contributed by atoms with Gasteiger partial charge in [-0.05, 0) is 42.9 Å². The van der Waals surface area contributed by atoms with E-state index in [2.05, 4.69) is 24.5 Å². The van der Waals surface area contributed by atoms with Gasteiger partial charge in [-0.1, -0.05) is 26.0 Å². The summed E-state index contributed by atoms with van der Waals surface area (Å²) >= 11 is 0. The van der Waals surface area contributed by atoms with Gasteiger partial charge < -0.3 is 15.7 Å². The van der Waals surface area contributed by atoms with Crippen LogP contribution in [0.5, 0.6) is 5.75 Å². The molecule has 0 spiro atoms. The molecule has 0 unspecified atom stereocenters. The number of carbonyl (C=O) groups is 1. The molecule has 0 heterocycles. The van der Waals surface area contributed by atoms with Crippen LogP contribution in [-0.2, 0) is 6.42 Å². The lowest BCUT2D eigenvalue weighted by molar-refractivity contribution is 0.240. The maximum atomic E-state index is 11.4. The van der Waals surface area contributed by atoms with Gasteiger partial charge in [-0.25, -0.2) is 4.79 Å². The van der Waals surface area contributed by atoms with Crippen molar-refractivity contribution in [3.8, 4) is 5.75 Å². The third-order valence-electron chi connectivity index (χ3n) is 2.87. The first-order valence-corrected chi connectivity index (χ1v) is 6.87. The van der Waals surface area contributed by atoms with Gasteiger partial charge in [0.15, 0.2) is 0 Å². The maximum Gasteiger partial charge on any atom is 0.314 e. The molecule has 19 heavy (non-hydrogen) atoms. The Balaban J connectivity index is 2.07. The van der Waals surface area contributed by atoms with Crippen LogP contribution in [0.3, 0.4) is 0 Å². The summed E-state index contributed by atoms with van der Waals surface area (Å²) in [5, 5.41) is 14.8. The number of phenolic OH excluding ortho intramolecular Hbond substituents is 1. The van der Waals surface area contributed by atoms with Gasteiger partial charge in [-0.15, -0.1) is 0 Å². The largest absolute Gasteiger partial charge is 0.508 e. The van der Waals surface area contributed by atoms with Gasteiger partial charge in [0.1, 0.15) is 5.75 Å². The molecule has 106 valence electrons. The van der Waals surface area contributed by atoms with Crippen molar-refractivity contribution in [2.75, 3.05) is 13.1 Å². The van der Waals surface area contributed by atoms with Crippen LogP contribution < -0.4 is 10.6 Å². The molecule has 1 aromatic carbocycles. The summed E-state index contributed by atoms with van der Waals surface area (Å²) in [5.41, 5.74) is 1.17. The Labute approximate surface area is 115 Å². The van der Waals surface area contributed by atoms with Gasteiger partial charge in [-0.2, -0.15) is 0 Å². The SMILES string of the molecule is CC(C)CCNC(=O)NCCCc1ccc(O)cc1. The van der Waals surface area contributed by atoms with Gasteiger partial charge >= 0.3 is 6.03 Å². The summed E-state index contributed by atoms with van der Waals surface area (Å²) in [6.07, 6.45) is 2.79. The molecule has 0 fully saturated rings. The predicted octanol–water partition coefficient (Wildman–Crippen LogP) is 2.67. The number of benzene rings is 1. The second kappa shape index (κ2) is 8.40. The second-order valence-corrected chi connectivity index (χ2v) is 5.14. The number of urea groups is 1. The summed E-state index contributed by atoms with van der Waals surface area (Å²) in [6.45, 7) is 5.66. The Kier molecular flexibility index (Phi) is 6.79. The highest BCUT2D eigenvalue weighted by atomic mass is 16.3. The fourth-order valence-corrected chi connectivity index (χ4v) is 1.69. The van der Waals surface area contributed by atoms with Crippen LogP contribution in [0.4, 0.5) is 4.79 Å². The van der Waals surface area contributed by atoms with Crippen LogP contribution in [0.2, 0.25) is 0 Å². The molecule has 0 radical (unpaired) electrons. The van der Waals surface area contributed by atoms with Crippen molar-refractivity contribution in [2.45, 2.75) is 33.1 Å². The van der Waals surface area contributed by atoms with Gasteiger partial charge in [0.25, 0.3) is 0 Å². The van der Waals surface area contributed by atoms with Crippen molar-refractivity contribution in [1.82, 2.24) is 10.6 Å². The number of amides is 2. The van der Waals surface area contributed by atoms with E-state index in [-0.39, 0.29) is 11.8 Å². The molecule has 1 rings (SSSR count). The van der Waals surface area contributed by atoms with E-state index in [1.54, 1.807) is 12.1 Å². The molecule has 0 bridgehead atoms. The average molecular weight is 264 g/mol. The van der Waals surface area contributed by atoms with Crippen LogP contribution in [0.25, 0.3) is 0 Å². The number of phenols is 1. The number of hydrogen-bond acceptors (Lipinski definition) is 2. The fourth-order valence-electron chi connectivity index (χ4n) is 1.69. The molecular weight excluding hydrogens is 240 g/mol. The molecule has 0 aliphatic rings. The number of carbonyl (C=O) groups excluding carboxylic acids is 1. The second-order valence-electron chi connectivity index (χ2n) is 5.14. The lowest BCUT2D eigenvalue weighted by Crippen LogP contribution is -2.36. The maximum absolute atomic E-state index is 11.4. The Bertz CT molecular complexity index is 374. The highest BCUT2D eigenvalue weighted by Gasteiger charge is 2.00. The van der Waals surface area contributed by atoms with E-state index < -0.39 is 0 Å². The minimum Gasteiger partial charge on any atom is -0.508 e. The highest BCUT2D eigenvalue weighted by Crippen LogP contribution is 2.10. The third kappa shape index (κ3) is 7.34. The molecule has 0 saturated carbocycles. The first-order valence-electron chi connectivity index (χ1n) is 6.87. The molecule has 3 N–H and O–H groups in total. The predicted molar refractivity (Wildman–Crippen MR) is 77.3 cm³/mol. The number of rotatable bonds is 7. The number of hydrogen-bond donors (Lipinski definition) is 3. The monoisotopic (exact) mass is 264 g/mol. The molecule has 4 nitrogen and oxygen atoms in total. The van der Waals surface area contributed by atoms with E-state index in [9.17, 15) is 4.79 Å². The standard InChI is InChI=1S/C15H24N2O2/c1-12(2)9-11-17-15(19)16-10-3-4-13-5-7-14(18)8-6-13/h5-8,12,18H,3-4,9-11H2,1-2H3,(H2,16,17,19). The Hall–Kier alpha value is -1.71. The average Bonchev–Trinajstić information content (AvgIpc) is 2.36. The van der Waals surface area contributed by atoms with Crippen molar-refractivity contribution >= 4 is 6.03 Å². The Morgan fingerprint density at radius 2 is 1.79 bits per heavy atom. The van der Waals surface area contributed by atoms with E-state index in [1.807, 2.05) is 12.1 Å². The van der Waals surface area contributed by atoms with Gasteiger partial charge in [0.05, 0.1) is 0 Å². The van der Waals surface area contributed by atoms with Crippen LogP contribution in [0.1, 0.15) is 32.3 Å². The summed E-state index contributed by atoms with van der Waals surface area (Å²) in [5.74, 6) is 0.890. The van der Waals surface area contributed by atoms with Crippen molar-refractivity contribution in [3.05, 3.63) is 29.8 Å². The summed E-state index contributed by atoms with van der Waals surface area (Å²) < 4.78 is 0. The molecule has 0 aliphatic carbocycles. The zero-order valence-corrected chi connectivity index (χ0v) is 11.8. The molecule has 0 aromatic heterocycles. The molecule has 0 saturated heterocycles. The quantitative estimate of drug-likeness (QED) is 0.663. The van der Waals surface area contributed by atoms with Gasteiger partial charge in [-0.3, -0.25) is 0 Å². The van der Waals surface area contributed by atoms with E-state index in [4.69, 9.17) is 5.11 Å². The fraction of sp³-hybridized carbons (Fsp3) is 0.533. The van der Waals surface area contributed by atoms with Crippen molar-refractivity contribution in [3.63, 3.8) is 0 Å².